The Morgan fingerprint density at radius 2 is 2.00 bits per heavy atom. The fraction of sp³-hybridized carbons (Fsp3) is 0.524. The van der Waals surface area contributed by atoms with Gasteiger partial charge in [-0.3, -0.25) is 19.0 Å². The Morgan fingerprint density at radius 3 is 2.63 bits per heavy atom. The molecule has 0 bridgehead atoms. The minimum atomic E-state index is -0.675. The summed E-state index contributed by atoms with van der Waals surface area (Å²) in [6.45, 7) is 5.82. The summed E-state index contributed by atoms with van der Waals surface area (Å²) < 4.78 is 2.66. The van der Waals surface area contributed by atoms with Crippen molar-refractivity contribution >= 4 is 23.5 Å². The molecule has 2 amide bonds. The molecule has 0 atom stereocenters. The highest BCUT2D eigenvalue weighted by Crippen LogP contribution is 2.24. The summed E-state index contributed by atoms with van der Waals surface area (Å²) in [5.74, 6) is -0.912. The van der Waals surface area contributed by atoms with Crippen LogP contribution in [-0.2, 0) is 11.3 Å². The maximum absolute atomic E-state index is 13.0. The molecule has 1 aliphatic heterocycles. The molecule has 4 rings (SSSR count). The predicted octanol–water partition coefficient (Wildman–Crippen LogP) is 1.39. The van der Waals surface area contributed by atoms with Crippen LogP contribution < -0.4 is 10.9 Å². The molecule has 9 nitrogen and oxygen atoms in total. The van der Waals surface area contributed by atoms with Gasteiger partial charge in [0.1, 0.15) is 5.65 Å². The third-order valence-electron chi connectivity index (χ3n) is 5.42. The van der Waals surface area contributed by atoms with E-state index in [0.717, 1.165) is 43.3 Å². The molecule has 1 saturated carbocycles. The normalized spacial score (nSPS) is 16.8. The molecule has 160 valence electrons. The average Bonchev–Trinajstić information content (AvgIpc) is 3.19. The van der Waals surface area contributed by atoms with Gasteiger partial charge in [0.25, 0.3) is 11.5 Å². The second-order valence-corrected chi connectivity index (χ2v) is 8.46. The first-order valence-electron chi connectivity index (χ1n) is 10.5. The Kier molecular flexibility index (Phi) is 5.36. The fourth-order valence-corrected chi connectivity index (χ4v) is 3.75. The molecule has 2 N–H and O–H groups in total. The standard InChI is InChI=1S/C21H27N5O4/c1-13(2)12-25-19-14(5-8-16(27)24-9-3-4-10-24)11-22-26(19)21(30)17(20(25)29)18(28)23-15-6-7-15/h5,8,11,13,15,29H,3-4,6-7,9-10,12H2,1-2H3,(H,23,28). The molecule has 1 aliphatic carbocycles. The zero-order valence-corrected chi connectivity index (χ0v) is 17.3. The topological polar surface area (TPSA) is 109 Å². The van der Waals surface area contributed by atoms with Gasteiger partial charge in [0, 0.05) is 37.3 Å². The first kappa shape index (κ1) is 20.2. The number of likely N-dealkylation sites (tertiary alicyclic amines) is 1. The maximum atomic E-state index is 13.0. The number of hydrogen-bond acceptors (Lipinski definition) is 5. The van der Waals surface area contributed by atoms with E-state index in [-0.39, 0.29) is 29.3 Å². The van der Waals surface area contributed by atoms with Crippen LogP contribution >= 0.6 is 0 Å². The number of fused-ring (bicyclic) bond motifs is 1. The first-order chi connectivity index (χ1) is 14.4. The van der Waals surface area contributed by atoms with Crippen molar-refractivity contribution in [3.05, 3.63) is 33.8 Å². The van der Waals surface area contributed by atoms with Crippen molar-refractivity contribution in [3.8, 4) is 5.88 Å². The van der Waals surface area contributed by atoms with Gasteiger partial charge in [0.2, 0.25) is 11.8 Å². The Labute approximate surface area is 174 Å². The Balaban J connectivity index is 1.78. The lowest BCUT2D eigenvalue weighted by Gasteiger charge is -2.17. The molecule has 9 heteroatoms. The minimum Gasteiger partial charge on any atom is -0.494 e. The van der Waals surface area contributed by atoms with E-state index in [4.69, 9.17) is 0 Å². The van der Waals surface area contributed by atoms with Crippen LogP contribution in [0.2, 0.25) is 0 Å². The van der Waals surface area contributed by atoms with Crippen LogP contribution in [0.4, 0.5) is 0 Å². The molecule has 30 heavy (non-hydrogen) atoms. The second kappa shape index (κ2) is 7.97. The Bertz CT molecular complexity index is 1070. The van der Waals surface area contributed by atoms with Crippen LogP contribution in [0.5, 0.6) is 5.88 Å². The molecule has 0 aromatic carbocycles. The predicted molar refractivity (Wildman–Crippen MR) is 111 cm³/mol. The van der Waals surface area contributed by atoms with Crippen LogP contribution in [0.15, 0.2) is 17.1 Å². The van der Waals surface area contributed by atoms with Gasteiger partial charge < -0.3 is 15.3 Å². The number of aromatic hydroxyl groups is 1. The number of amides is 2. The number of hydrogen-bond donors (Lipinski definition) is 2. The van der Waals surface area contributed by atoms with Crippen molar-refractivity contribution in [2.75, 3.05) is 13.1 Å². The van der Waals surface area contributed by atoms with E-state index in [0.29, 0.717) is 17.8 Å². The molecule has 2 aliphatic rings. The largest absolute Gasteiger partial charge is 0.494 e. The van der Waals surface area contributed by atoms with Crippen LogP contribution in [0.25, 0.3) is 11.7 Å². The first-order valence-corrected chi connectivity index (χ1v) is 10.5. The highest BCUT2D eigenvalue weighted by Gasteiger charge is 2.29. The van der Waals surface area contributed by atoms with E-state index in [1.165, 1.54) is 16.8 Å². The smallest absolute Gasteiger partial charge is 0.291 e. The molecule has 0 unspecified atom stereocenters. The monoisotopic (exact) mass is 413 g/mol. The third kappa shape index (κ3) is 3.83. The summed E-state index contributed by atoms with van der Waals surface area (Å²) in [5, 5.41) is 17.8. The van der Waals surface area contributed by atoms with E-state index in [1.54, 1.807) is 11.0 Å². The van der Waals surface area contributed by atoms with Gasteiger partial charge in [-0.1, -0.05) is 13.8 Å². The summed E-state index contributed by atoms with van der Waals surface area (Å²) in [6.07, 6.45) is 8.31. The zero-order valence-electron chi connectivity index (χ0n) is 17.3. The molecule has 2 aromatic heterocycles. The third-order valence-corrected chi connectivity index (χ3v) is 5.42. The van der Waals surface area contributed by atoms with E-state index in [1.807, 2.05) is 13.8 Å². The van der Waals surface area contributed by atoms with E-state index in [2.05, 4.69) is 10.4 Å². The summed E-state index contributed by atoms with van der Waals surface area (Å²) in [4.78, 5) is 39.7. The maximum Gasteiger partial charge on any atom is 0.291 e. The van der Waals surface area contributed by atoms with Crippen molar-refractivity contribution in [2.45, 2.75) is 52.1 Å². The van der Waals surface area contributed by atoms with Crippen molar-refractivity contribution < 1.29 is 14.7 Å². The highest BCUT2D eigenvalue weighted by atomic mass is 16.3. The van der Waals surface area contributed by atoms with Gasteiger partial charge in [0.05, 0.1) is 6.20 Å². The van der Waals surface area contributed by atoms with Crippen molar-refractivity contribution in [1.29, 1.82) is 0 Å². The number of carbonyl (C=O) groups excluding carboxylic acids is 2. The van der Waals surface area contributed by atoms with Crippen molar-refractivity contribution in [1.82, 2.24) is 24.4 Å². The molecule has 2 fully saturated rings. The average molecular weight is 413 g/mol. The second-order valence-electron chi connectivity index (χ2n) is 8.46. The van der Waals surface area contributed by atoms with Crippen LogP contribution in [0, 0.1) is 5.92 Å². The fourth-order valence-electron chi connectivity index (χ4n) is 3.75. The van der Waals surface area contributed by atoms with Gasteiger partial charge in [-0.15, -0.1) is 0 Å². The number of carbonyl (C=O) groups is 2. The molecule has 0 spiro atoms. The van der Waals surface area contributed by atoms with Crippen molar-refractivity contribution in [3.63, 3.8) is 0 Å². The van der Waals surface area contributed by atoms with Crippen LogP contribution in [0.3, 0.4) is 0 Å². The Hall–Kier alpha value is -3.10. The van der Waals surface area contributed by atoms with Gasteiger partial charge >= 0.3 is 0 Å². The minimum absolute atomic E-state index is 0.0539. The molecule has 0 radical (unpaired) electrons. The number of nitrogens with zero attached hydrogens (tertiary/aromatic N) is 4. The lowest BCUT2D eigenvalue weighted by molar-refractivity contribution is -0.124. The van der Waals surface area contributed by atoms with Crippen LogP contribution in [-0.4, -0.2) is 55.1 Å². The van der Waals surface area contributed by atoms with Gasteiger partial charge in [-0.25, -0.2) is 0 Å². The summed E-state index contributed by atoms with van der Waals surface area (Å²) in [7, 11) is 0. The lowest BCUT2D eigenvalue weighted by Crippen LogP contribution is -2.34. The van der Waals surface area contributed by atoms with E-state index in [9.17, 15) is 19.5 Å². The molecule has 3 heterocycles. The highest BCUT2D eigenvalue weighted by molar-refractivity contribution is 5.97. The molecular weight excluding hydrogens is 386 g/mol. The molecule has 1 saturated heterocycles. The van der Waals surface area contributed by atoms with Crippen molar-refractivity contribution in [2.24, 2.45) is 5.92 Å². The lowest BCUT2D eigenvalue weighted by atomic mass is 10.2. The summed E-state index contributed by atoms with van der Waals surface area (Å²) >= 11 is 0. The van der Waals surface area contributed by atoms with Gasteiger partial charge in [-0.2, -0.15) is 9.61 Å². The van der Waals surface area contributed by atoms with Gasteiger partial charge in [0.15, 0.2) is 5.56 Å². The SMILES string of the molecule is CC(C)Cn1c(O)c(C(=O)NC2CC2)c(=O)n2ncc(C=CC(=O)N3CCCC3)c12. The zero-order chi connectivity index (χ0) is 21.4. The number of aromatic nitrogens is 3. The summed E-state index contributed by atoms with van der Waals surface area (Å²) in [5.41, 5.74) is -0.0857. The quantitative estimate of drug-likeness (QED) is 0.696. The van der Waals surface area contributed by atoms with E-state index >= 15 is 0 Å². The number of rotatable bonds is 6. The Morgan fingerprint density at radius 1 is 1.30 bits per heavy atom. The molecule has 2 aromatic rings. The number of nitrogens with one attached hydrogen (secondary N) is 1. The summed E-state index contributed by atoms with van der Waals surface area (Å²) in [6, 6.07) is 0.0539. The van der Waals surface area contributed by atoms with Crippen LogP contribution in [0.1, 0.15) is 55.5 Å². The van der Waals surface area contributed by atoms with Gasteiger partial charge in [-0.05, 0) is 37.7 Å². The van der Waals surface area contributed by atoms with E-state index < -0.39 is 11.5 Å². The molecular formula is C21H27N5O4.